The second kappa shape index (κ2) is 5.17. The molecule has 0 amide bonds. The van der Waals surface area contributed by atoms with Crippen molar-refractivity contribution >= 4 is 5.97 Å². The smallest absolute Gasteiger partial charge is 0.306 e. The average molecular weight is 227 g/mol. The molecule has 1 aliphatic carbocycles. The van der Waals surface area contributed by atoms with Crippen LogP contribution in [0.4, 0.5) is 0 Å². The highest BCUT2D eigenvalue weighted by Gasteiger charge is 2.29. The highest BCUT2D eigenvalue weighted by atomic mass is 16.6. The summed E-state index contributed by atoms with van der Waals surface area (Å²) in [5.74, 6) is 0.882. The summed E-state index contributed by atoms with van der Waals surface area (Å²) in [5.41, 5.74) is 5.66. The highest BCUT2D eigenvalue weighted by molar-refractivity contribution is 5.70. The molecule has 3 atom stereocenters. The Bertz CT molecular complexity index is 245. The van der Waals surface area contributed by atoms with Gasteiger partial charge >= 0.3 is 5.97 Å². The predicted molar refractivity (Wildman–Crippen MR) is 64.9 cm³/mol. The van der Waals surface area contributed by atoms with Gasteiger partial charge < -0.3 is 10.5 Å². The van der Waals surface area contributed by atoms with E-state index >= 15 is 0 Å². The van der Waals surface area contributed by atoms with Gasteiger partial charge in [0.15, 0.2) is 0 Å². The van der Waals surface area contributed by atoms with E-state index in [4.69, 9.17) is 10.5 Å². The Morgan fingerprint density at radius 3 is 2.56 bits per heavy atom. The number of rotatable bonds is 2. The fourth-order valence-corrected chi connectivity index (χ4v) is 2.35. The van der Waals surface area contributed by atoms with E-state index in [1.54, 1.807) is 0 Å². The molecule has 16 heavy (non-hydrogen) atoms. The lowest BCUT2D eigenvalue weighted by Gasteiger charge is -2.32. The number of hydrogen-bond acceptors (Lipinski definition) is 3. The Balaban J connectivity index is 2.43. The van der Waals surface area contributed by atoms with Gasteiger partial charge in [-0.3, -0.25) is 4.79 Å². The van der Waals surface area contributed by atoms with Crippen LogP contribution in [-0.4, -0.2) is 17.6 Å². The van der Waals surface area contributed by atoms with Crippen molar-refractivity contribution < 1.29 is 9.53 Å². The molecule has 2 N–H and O–H groups in total. The molecule has 0 aliphatic heterocycles. The van der Waals surface area contributed by atoms with Crippen molar-refractivity contribution in [2.75, 3.05) is 0 Å². The van der Waals surface area contributed by atoms with Gasteiger partial charge in [0.05, 0.1) is 0 Å². The number of nitrogens with two attached hydrogens (primary N) is 1. The van der Waals surface area contributed by atoms with E-state index < -0.39 is 0 Å². The first-order valence-corrected chi connectivity index (χ1v) is 6.25. The molecular formula is C13H25NO2. The van der Waals surface area contributed by atoms with Crippen LogP contribution >= 0.6 is 0 Å². The van der Waals surface area contributed by atoms with Crippen LogP contribution in [0.25, 0.3) is 0 Å². The van der Waals surface area contributed by atoms with Gasteiger partial charge in [-0.25, -0.2) is 0 Å². The normalized spacial score (nSPS) is 31.2. The largest absolute Gasteiger partial charge is 0.460 e. The molecule has 1 fully saturated rings. The van der Waals surface area contributed by atoms with Crippen molar-refractivity contribution in [3.05, 3.63) is 0 Å². The molecule has 1 rings (SSSR count). The third kappa shape index (κ3) is 4.52. The molecular weight excluding hydrogens is 202 g/mol. The Morgan fingerprint density at radius 1 is 1.38 bits per heavy atom. The van der Waals surface area contributed by atoms with Gasteiger partial charge in [0.1, 0.15) is 5.60 Å². The first-order chi connectivity index (χ1) is 7.28. The topological polar surface area (TPSA) is 52.3 Å². The zero-order valence-electron chi connectivity index (χ0n) is 11.0. The molecule has 0 bridgehead atoms. The summed E-state index contributed by atoms with van der Waals surface area (Å²) >= 11 is 0. The second-order valence-electron chi connectivity index (χ2n) is 6.13. The van der Waals surface area contributed by atoms with E-state index in [1.807, 2.05) is 20.8 Å². The quantitative estimate of drug-likeness (QED) is 0.737. The van der Waals surface area contributed by atoms with E-state index in [0.717, 1.165) is 12.8 Å². The highest BCUT2D eigenvalue weighted by Crippen LogP contribution is 2.30. The molecule has 3 heteroatoms. The first-order valence-electron chi connectivity index (χ1n) is 6.25. The molecule has 0 aromatic carbocycles. The SMILES string of the molecule is CC1CCC(N)C(CC(=O)OC(C)(C)C)C1. The van der Waals surface area contributed by atoms with Crippen LogP contribution in [0.15, 0.2) is 0 Å². The van der Waals surface area contributed by atoms with E-state index in [2.05, 4.69) is 6.92 Å². The second-order valence-corrected chi connectivity index (χ2v) is 6.13. The van der Waals surface area contributed by atoms with Crippen LogP contribution in [0.2, 0.25) is 0 Å². The van der Waals surface area contributed by atoms with Gasteiger partial charge in [-0.15, -0.1) is 0 Å². The molecule has 3 unspecified atom stereocenters. The number of ether oxygens (including phenoxy) is 1. The number of hydrogen-bond donors (Lipinski definition) is 1. The predicted octanol–water partition coefficient (Wildman–Crippen LogP) is 2.48. The molecule has 1 saturated carbocycles. The van der Waals surface area contributed by atoms with Crippen molar-refractivity contribution in [1.29, 1.82) is 0 Å². The molecule has 0 radical (unpaired) electrons. The summed E-state index contributed by atoms with van der Waals surface area (Å²) in [6.07, 6.45) is 3.75. The summed E-state index contributed by atoms with van der Waals surface area (Å²) in [6.45, 7) is 7.92. The minimum absolute atomic E-state index is 0.109. The van der Waals surface area contributed by atoms with E-state index in [0.29, 0.717) is 18.3 Å². The number of esters is 1. The number of carbonyl (C=O) groups is 1. The summed E-state index contributed by atoms with van der Waals surface area (Å²) in [7, 11) is 0. The van der Waals surface area contributed by atoms with Gasteiger partial charge in [0.2, 0.25) is 0 Å². The first kappa shape index (κ1) is 13.5. The van der Waals surface area contributed by atoms with E-state index in [-0.39, 0.29) is 17.6 Å². The Kier molecular flexibility index (Phi) is 4.36. The monoisotopic (exact) mass is 227 g/mol. The van der Waals surface area contributed by atoms with Gasteiger partial charge in [-0.05, 0) is 51.9 Å². The minimum atomic E-state index is -0.387. The van der Waals surface area contributed by atoms with Gasteiger partial charge in [0.25, 0.3) is 0 Å². The zero-order chi connectivity index (χ0) is 12.3. The fourth-order valence-electron chi connectivity index (χ4n) is 2.35. The summed E-state index contributed by atoms with van der Waals surface area (Å²) in [5, 5.41) is 0. The lowest BCUT2D eigenvalue weighted by Crippen LogP contribution is -2.38. The molecule has 3 nitrogen and oxygen atoms in total. The fraction of sp³-hybridized carbons (Fsp3) is 0.923. The Hall–Kier alpha value is -0.570. The lowest BCUT2D eigenvalue weighted by molar-refractivity contribution is -0.156. The van der Waals surface area contributed by atoms with Crippen molar-refractivity contribution in [2.24, 2.45) is 17.6 Å². The van der Waals surface area contributed by atoms with Crippen LogP contribution in [-0.2, 0) is 9.53 Å². The minimum Gasteiger partial charge on any atom is -0.460 e. The van der Waals surface area contributed by atoms with Crippen LogP contribution in [0.3, 0.4) is 0 Å². The third-order valence-electron chi connectivity index (χ3n) is 3.15. The molecule has 0 spiro atoms. The third-order valence-corrected chi connectivity index (χ3v) is 3.15. The molecule has 0 saturated heterocycles. The van der Waals surface area contributed by atoms with Crippen LogP contribution < -0.4 is 5.73 Å². The average Bonchev–Trinajstić information content (AvgIpc) is 2.08. The molecule has 94 valence electrons. The summed E-state index contributed by atoms with van der Waals surface area (Å²) < 4.78 is 5.33. The van der Waals surface area contributed by atoms with Crippen LogP contribution in [0, 0.1) is 11.8 Å². The summed E-state index contributed by atoms with van der Waals surface area (Å²) in [6, 6.07) is 0.170. The lowest BCUT2D eigenvalue weighted by atomic mass is 9.77. The van der Waals surface area contributed by atoms with Crippen LogP contribution in [0.1, 0.15) is 53.4 Å². The van der Waals surface area contributed by atoms with Gasteiger partial charge in [0, 0.05) is 12.5 Å². The standard InChI is InChI=1S/C13H25NO2/c1-9-5-6-11(14)10(7-9)8-12(15)16-13(2,3)4/h9-11H,5-8,14H2,1-4H3. The number of carbonyl (C=O) groups excluding carboxylic acids is 1. The van der Waals surface area contributed by atoms with Crippen molar-refractivity contribution in [3.63, 3.8) is 0 Å². The van der Waals surface area contributed by atoms with Crippen molar-refractivity contribution in [3.8, 4) is 0 Å². The van der Waals surface area contributed by atoms with Gasteiger partial charge in [-0.2, -0.15) is 0 Å². The molecule has 0 aromatic rings. The molecule has 1 aliphatic rings. The summed E-state index contributed by atoms with van der Waals surface area (Å²) in [4.78, 5) is 11.7. The Labute approximate surface area is 98.7 Å². The van der Waals surface area contributed by atoms with Crippen molar-refractivity contribution in [1.82, 2.24) is 0 Å². The van der Waals surface area contributed by atoms with Crippen LogP contribution in [0.5, 0.6) is 0 Å². The van der Waals surface area contributed by atoms with Crippen molar-refractivity contribution in [2.45, 2.75) is 65.0 Å². The maximum Gasteiger partial charge on any atom is 0.306 e. The molecule has 0 heterocycles. The van der Waals surface area contributed by atoms with E-state index in [9.17, 15) is 4.79 Å². The van der Waals surface area contributed by atoms with Gasteiger partial charge in [-0.1, -0.05) is 6.92 Å². The van der Waals surface area contributed by atoms with E-state index in [1.165, 1.54) is 6.42 Å². The Morgan fingerprint density at radius 2 is 2.00 bits per heavy atom. The zero-order valence-corrected chi connectivity index (χ0v) is 11.0. The molecule has 0 aromatic heterocycles. The maximum absolute atomic E-state index is 11.7. The maximum atomic E-state index is 11.7.